The molecule has 4 nitrogen and oxygen atoms in total. The molecule has 0 rings (SSSR count). The molecule has 0 aliphatic rings. The number of allylic oxidation sites excluding steroid dienone is 6. The van der Waals surface area contributed by atoms with Crippen LogP contribution < -0.4 is 10.2 Å². The van der Waals surface area contributed by atoms with Gasteiger partial charge in [-0.3, -0.25) is 0 Å². The van der Waals surface area contributed by atoms with E-state index in [0.29, 0.717) is 0 Å². The zero-order valence-electron chi connectivity index (χ0n) is 9.96. The standard InChI is InChI=1S/2C6H8O2.Sn.2H/c2*1-2-3-4-5-6(7)8;;;/h2*2-5H,1H3,(H,7,8);;;/q;;+2;;/p-2/b2*3-2+,5-4+;;;. The topological polar surface area (TPSA) is 80.3 Å². The Bertz CT molecular complexity index is 282. The number of carbonyl (C=O) groups excluding carboxylic acids is 2. The molecule has 0 atom stereocenters. The Morgan fingerprint density at radius 3 is 1.24 bits per heavy atom. The third kappa shape index (κ3) is 31.3. The number of hydrogen-bond donors (Lipinski definition) is 0. The molecule has 0 spiro atoms. The Morgan fingerprint density at radius 2 is 1.06 bits per heavy atom. The first-order valence-electron chi connectivity index (χ1n) is 4.55. The van der Waals surface area contributed by atoms with Gasteiger partial charge in [-0.2, -0.15) is 0 Å². The summed E-state index contributed by atoms with van der Waals surface area (Å²) in [5.74, 6) is -2.33. The summed E-state index contributed by atoms with van der Waals surface area (Å²) in [6, 6.07) is 0. The van der Waals surface area contributed by atoms with Crippen LogP contribution in [0.5, 0.6) is 0 Å². The third-order valence-corrected chi connectivity index (χ3v) is 1.07. The molecule has 17 heavy (non-hydrogen) atoms. The molecular weight excluding hydrogens is 327 g/mol. The van der Waals surface area contributed by atoms with Gasteiger partial charge < -0.3 is 19.8 Å². The molecule has 92 valence electrons. The van der Waals surface area contributed by atoms with E-state index in [1.165, 1.54) is 12.2 Å². The van der Waals surface area contributed by atoms with E-state index in [9.17, 15) is 19.8 Å². The van der Waals surface area contributed by atoms with E-state index in [1.54, 1.807) is 38.2 Å². The quantitative estimate of drug-likeness (QED) is 0.366. The molecule has 0 radical (unpaired) electrons. The van der Waals surface area contributed by atoms with Crippen molar-refractivity contribution in [3.8, 4) is 0 Å². The molecule has 0 aromatic heterocycles. The second-order valence-electron chi connectivity index (χ2n) is 2.41. The Morgan fingerprint density at radius 1 is 0.765 bits per heavy atom. The number of aliphatic carboxylic acids is 2. The van der Waals surface area contributed by atoms with Gasteiger partial charge in [0, 0.05) is 0 Å². The van der Waals surface area contributed by atoms with Crippen molar-refractivity contribution in [3.05, 3.63) is 48.6 Å². The second-order valence-corrected chi connectivity index (χ2v) is 2.41. The van der Waals surface area contributed by atoms with Crippen LogP contribution in [0.15, 0.2) is 48.6 Å². The number of carbonyl (C=O) groups is 2. The van der Waals surface area contributed by atoms with Crippen LogP contribution in [-0.4, -0.2) is 35.8 Å². The summed E-state index contributed by atoms with van der Waals surface area (Å²) in [4.78, 5) is 19.3. The van der Waals surface area contributed by atoms with Gasteiger partial charge in [0.2, 0.25) is 0 Å². The molecule has 0 fully saturated rings. The summed E-state index contributed by atoms with van der Waals surface area (Å²) in [5, 5.41) is 19.3. The van der Waals surface area contributed by atoms with Gasteiger partial charge >= 0.3 is 23.9 Å². The Hall–Kier alpha value is -1.30. The predicted molar refractivity (Wildman–Crippen MR) is 66.5 cm³/mol. The maximum atomic E-state index is 9.64. The van der Waals surface area contributed by atoms with Crippen molar-refractivity contribution in [2.24, 2.45) is 0 Å². The normalized spacial score (nSPS) is 10.5. The fourth-order valence-electron chi connectivity index (χ4n) is 0.490. The van der Waals surface area contributed by atoms with Crippen molar-refractivity contribution in [2.45, 2.75) is 13.8 Å². The zero-order valence-corrected chi connectivity index (χ0v) is 14.0. The first kappa shape index (κ1) is 21.0. The molecule has 0 saturated heterocycles. The van der Waals surface area contributed by atoms with Crippen molar-refractivity contribution < 1.29 is 19.8 Å². The SMILES string of the molecule is C/C=C/C=C/C(=O)[O-].C/C=C/C=C/C(=O)[O-].[SnH2+2]. The summed E-state index contributed by atoms with van der Waals surface area (Å²) >= 11 is 0. The van der Waals surface area contributed by atoms with Gasteiger partial charge in [0.15, 0.2) is 0 Å². The first-order valence-corrected chi connectivity index (χ1v) is 4.55. The zero-order chi connectivity index (χ0) is 12.8. The Kier molecular flexibility index (Phi) is 21.2. The minimum atomic E-state index is -1.16. The van der Waals surface area contributed by atoms with Crippen LogP contribution in [0.25, 0.3) is 0 Å². The van der Waals surface area contributed by atoms with Crippen LogP contribution in [0.1, 0.15) is 13.8 Å². The first-order chi connectivity index (χ1) is 7.54. The van der Waals surface area contributed by atoms with E-state index in [0.717, 1.165) is 12.2 Å². The van der Waals surface area contributed by atoms with Gasteiger partial charge in [-0.1, -0.05) is 36.5 Å². The fraction of sp³-hybridized carbons (Fsp3) is 0.167. The summed E-state index contributed by atoms with van der Waals surface area (Å²) in [7, 11) is 0. The van der Waals surface area contributed by atoms with E-state index in [1.807, 2.05) is 0 Å². The molecule has 0 aliphatic carbocycles. The van der Waals surface area contributed by atoms with Crippen LogP contribution in [0.2, 0.25) is 0 Å². The van der Waals surface area contributed by atoms with Crippen LogP contribution >= 0.6 is 0 Å². The maximum absolute atomic E-state index is 9.64. The van der Waals surface area contributed by atoms with Crippen LogP contribution in [-0.2, 0) is 9.59 Å². The van der Waals surface area contributed by atoms with E-state index in [4.69, 9.17) is 0 Å². The molecule has 5 heteroatoms. The molecule has 0 aromatic rings. The molecule has 0 saturated carbocycles. The van der Waals surface area contributed by atoms with Crippen molar-refractivity contribution >= 4 is 35.8 Å². The summed E-state index contributed by atoms with van der Waals surface area (Å²) in [6.07, 6.45) is 11.5. The van der Waals surface area contributed by atoms with Crippen molar-refractivity contribution in [2.75, 3.05) is 0 Å². The monoisotopic (exact) mass is 344 g/mol. The molecule has 0 aliphatic heterocycles. The van der Waals surface area contributed by atoms with Crippen LogP contribution in [0.3, 0.4) is 0 Å². The molecular formula is C12H16O4Sn. The third-order valence-electron chi connectivity index (χ3n) is 1.07. The molecule has 0 heterocycles. The van der Waals surface area contributed by atoms with E-state index in [-0.39, 0.29) is 23.9 Å². The molecule has 0 aromatic carbocycles. The Labute approximate surface area is 118 Å². The van der Waals surface area contributed by atoms with Gasteiger partial charge in [0.1, 0.15) is 0 Å². The molecule has 0 N–H and O–H groups in total. The van der Waals surface area contributed by atoms with Crippen molar-refractivity contribution in [1.29, 1.82) is 0 Å². The number of carboxylic acids is 2. The number of rotatable bonds is 4. The molecule has 0 amide bonds. The Balaban J connectivity index is -0.000000218. The van der Waals surface area contributed by atoms with Crippen LogP contribution in [0.4, 0.5) is 0 Å². The minimum absolute atomic E-state index is 0. The van der Waals surface area contributed by atoms with Gasteiger partial charge in [0.05, 0.1) is 11.9 Å². The predicted octanol–water partition coefficient (Wildman–Crippen LogP) is -1.18. The summed E-state index contributed by atoms with van der Waals surface area (Å²) in [5.41, 5.74) is 0. The van der Waals surface area contributed by atoms with E-state index >= 15 is 0 Å². The van der Waals surface area contributed by atoms with Gasteiger partial charge in [-0.25, -0.2) is 0 Å². The average molecular weight is 343 g/mol. The molecule has 0 unspecified atom stereocenters. The van der Waals surface area contributed by atoms with Crippen molar-refractivity contribution in [1.82, 2.24) is 0 Å². The number of carboxylic acid groups (broad SMARTS) is 2. The van der Waals surface area contributed by atoms with Gasteiger partial charge in [-0.05, 0) is 26.0 Å². The summed E-state index contributed by atoms with van der Waals surface area (Å²) < 4.78 is 0. The van der Waals surface area contributed by atoms with Crippen molar-refractivity contribution in [3.63, 3.8) is 0 Å². The number of hydrogen-bond acceptors (Lipinski definition) is 4. The van der Waals surface area contributed by atoms with Gasteiger partial charge in [-0.15, -0.1) is 0 Å². The fourth-order valence-corrected chi connectivity index (χ4v) is 0.490. The average Bonchev–Trinajstić information content (AvgIpc) is 2.18. The molecule has 0 bridgehead atoms. The summed E-state index contributed by atoms with van der Waals surface area (Å²) in [6.45, 7) is 3.61. The van der Waals surface area contributed by atoms with Gasteiger partial charge in [0.25, 0.3) is 0 Å². The second kappa shape index (κ2) is 17.1. The van der Waals surface area contributed by atoms with Crippen LogP contribution in [0, 0.1) is 0 Å². The van der Waals surface area contributed by atoms with E-state index in [2.05, 4.69) is 0 Å². The van der Waals surface area contributed by atoms with E-state index < -0.39 is 11.9 Å².